The molecule has 0 saturated carbocycles. The molecule has 7 nitrogen and oxygen atoms in total. The van der Waals surface area contributed by atoms with E-state index in [0.717, 1.165) is 12.7 Å². The number of nitrogens with zero attached hydrogens (tertiary/aromatic N) is 1. The molecule has 2 amide bonds. The summed E-state index contributed by atoms with van der Waals surface area (Å²) < 4.78 is 4.57. The first-order valence-corrected chi connectivity index (χ1v) is 8.37. The fourth-order valence-corrected chi connectivity index (χ4v) is 1.97. The van der Waals surface area contributed by atoms with Crippen LogP contribution < -0.4 is 0 Å². The van der Waals surface area contributed by atoms with Gasteiger partial charge in [-0.3, -0.25) is 9.59 Å². The molecule has 1 heterocycles. The Morgan fingerprint density at radius 2 is 1.76 bits per heavy atom. The van der Waals surface area contributed by atoms with Gasteiger partial charge in [0.15, 0.2) is 0 Å². The molecule has 1 atom stereocenters. The number of imide groups is 1. The Balaban J connectivity index is 0. The molecule has 7 heteroatoms. The van der Waals surface area contributed by atoms with Gasteiger partial charge in [0.1, 0.15) is 6.29 Å². The van der Waals surface area contributed by atoms with E-state index in [9.17, 15) is 14.4 Å². The molecule has 0 aromatic rings. The maximum Gasteiger partial charge on any atom is 0.336 e. The van der Waals surface area contributed by atoms with Gasteiger partial charge in [0.05, 0.1) is 12.5 Å². The number of hydrogen-bond donors (Lipinski definition) is 0. The standard InChI is InChI=1S/C12H19NO4.C4H8O.C2H4O/c1-4-5-9(8(2)3)12(16)17-13-10(14)6-7-11(13)15;1-3-4-5-2;1-2-3/h8-9H,4-7H2,1-3H3;3H,1,4H2,2H3;2H,1H3/t9-;;/m0../s1. The number of aldehydes is 1. The molecule has 1 aliphatic heterocycles. The van der Waals surface area contributed by atoms with Crippen molar-refractivity contribution >= 4 is 24.1 Å². The maximum absolute atomic E-state index is 11.9. The van der Waals surface area contributed by atoms with Crippen LogP contribution in [0.15, 0.2) is 12.7 Å². The molecular weight excluding hydrogens is 326 g/mol. The molecular formula is C18H31NO6. The van der Waals surface area contributed by atoms with Gasteiger partial charge in [-0.15, -0.1) is 11.6 Å². The number of carbonyl (C=O) groups is 4. The third-order valence-corrected chi connectivity index (χ3v) is 3.18. The average Bonchev–Trinajstić information content (AvgIpc) is 2.86. The lowest BCUT2D eigenvalue weighted by Crippen LogP contribution is -2.35. The van der Waals surface area contributed by atoms with Crippen molar-refractivity contribution in [3.05, 3.63) is 12.7 Å². The highest BCUT2D eigenvalue weighted by molar-refractivity contribution is 6.01. The third-order valence-electron chi connectivity index (χ3n) is 3.18. The first-order chi connectivity index (χ1) is 11.8. The SMILES string of the molecule is C=CCOC.CC=O.CCC[C@H](C(=O)ON1C(=O)CCC1=O)C(C)C. The van der Waals surface area contributed by atoms with Crippen molar-refractivity contribution in [2.75, 3.05) is 13.7 Å². The van der Waals surface area contributed by atoms with Crippen LogP contribution in [-0.2, 0) is 28.8 Å². The average molecular weight is 357 g/mol. The smallest absolute Gasteiger partial charge is 0.336 e. The highest BCUT2D eigenvalue weighted by Gasteiger charge is 2.35. The zero-order valence-corrected chi connectivity index (χ0v) is 15.9. The second kappa shape index (κ2) is 15.5. The minimum atomic E-state index is -0.481. The zero-order valence-electron chi connectivity index (χ0n) is 15.9. The van der Waals surface area contributed by atoms with E-state index in [1.54, 1.807) is 13.2 Å². The Hall–Kier alpha value is -2.02. The molecule has 1 saturated heterocycles. The summed E-state index contributed by atoms with van der Waals surface area (Å²) in [7, 11) is 1.64. The van der Waals surface area contributed by atoms with Crippen LogP contribution in [0.3, 0.4) is 0 Å². The van der Waals surface area contributed by atoms with Gasteiger partial charge >= 0.3 is 5.97 Å². The van der Waals surface area contributed by atoms with Crippen LogP contribution in [0.2, 0.25) is 0 Å². The second-order valence-electron chi connectivity index (χ2n) is 5.61. The molecule has 0 bridgehead atoms. The van der Waals surface area contributed by atoms with Gasteiger partial charge in [-0.2, -0.15) is 0 Å². The van der Waals surface area contributed by atoms with Crippen LogP contribution in [-0.4, -0.2) is 42.8 Å². The number of hydrogen-bond acceptors (Lipinski definition) is 6. The normalized spacial score (nSPS) is 14.1. The molecule has 1 fully saturated rings. The molecule has 144 valence electrons. The van der Waals surface area contributed by atoms with Gasteiger partial charge in [0, 0.05) is 20.0 Å². The fraction of sp³-hybridized carbons (Fsp3) is 0.667. The van der Waals surface area contributed by atoms with E-state index in [-0.39, 0.29) is 24.7 Å². The van der Waals surface area contributed by atoms with Gasteiger partial charge in [0.2, 0.25) is 0 Å². The van der Waals surface area contributed by atoms with Crippen molar-refractivity contribution < 1.29 is 28.8 Å². The van der Waals surface area contributed by atoms with Crippen LogP contribution in [0.1, 0.15) is 53.4 Å². The van der Waals surface area contributed by atoms with Crippen LogP contribution in [0.5, 0.6) is 0 Å². The maximum atomic E-state index is 11.9. The number of ether oxygens (including phenoxy) is 1. The Morgan fingerprint density at radius 3 is 2.04 bits per heavy atom. The third kappa shape index (κ3) is 11.2. The van der Waals surface area contributed by atoms with Crippen molar-refractivity contribution in [1.82, 2.24) is 5.06 Å². The first-order valence-electron chi connectivity index (χ1n) is 8.37. The van der Waals surface area contributed by atoms with Crippen LogP contribution in [0.4, 0.5) is 0 Å². The fourth-order valence-electron chi connectivity index (χ4n) is 1.97. The van der Waals surface area contributed by atoms with Gasteiger partial charge < -0.3 is 14.4 Å². The van der Waals surface area contributed by atoms with E-state index in [1.807, 2.05) is 20.8 Å². The van der Waals surface area contributed by atoms with E-state index in [4.69, 9.17) is 9.63 Å². The Kier molecular flexibility index (Phi) is 15.6. The molecule has 0 aromatic heterocycles. The summed E-state index contributed by atoms with van der Waals surface area (Å²) in [5.41, 5.74) is 0. The quantitative estimate of drug-likeness (QED) is 0.395. The summed E-state index contributed by atoms with van der Waals surface area (Å²) in [6.07, 6.45) is 4.28. The molecule has 1 rings (SSSR count). The van der Waals surface area contributed by atoms with Gasteiger partial charge in [-0.25, -0.2) is 4.79 Å². The predicted octanol–water partition coefficient (Wildman–Crippen LogP) is 2.69. The predicted molar refractivity (Wildman–Crippen MR) is 94.2 cm³/mol. The van der Waals surface area contributed by atoms with E-state index in [2.05, 4.69) is 11.3 Å². The summed E-state index contributed by atoms with van der Waals surface area (Å²) >= 11 is 0. The summed E-state index contributed by atoms with van der Waals surface area (Å²) in [6, 6.07) is 0. The topological polar surface area (TPSA) is 90.0 Å². The number of methoxy groups -OCH3 is 1. The lowest BCUT2D eigenvalue weighted by Gasteiger charge is -2.21. The van der Waals surface area contributed by atoms with Crippen LogP contribution in [0.25, 0.3) is 0 Å². The minimum Gasteiger partial charge on any atom is -0.381 e. The summed E-state index contributed by atoms with van der Waals surface area (Å²) in [6.45, 7) is 11.4. The van der Waals surface area contributed by atoms with Crippen LogP contribution >= 0.6 is 0 Å². The summed E-state index contributed by atoms with van der Waals surface area (Å²) in [5.74, 6) is -1.47. The van der Waals surface area contributed by atoms with Crippen molar-refractivity contribution in [1.29, 1.82) is 0 Å². The lowest BCUT2D eigenvalue weighted by atomic mass is 9.92. The molecule has 0 radical (unpaired) electrons. The van der Waals surface area contributed by atoms with Crippen molar-refractivity contribution in [2.24, 2.45) is 11.8 Å². The molecule has 0 aliphatic carbocycles. The molecule has 25 heavy (non-hydrogen) atoms. The molecule has 0 N–H and O–H groups in total. The molecule has 1 aliphatic rings. The van der Waals surface area contributed by atoms with Crippen LogP contribution in [0, 0.1) is 11.8 Å². The first kappa shape index (κ1) is 25.2. The van der Waals surface area contributed by atoms with Gasteiger partial charge in [-0.05, 0) is 19.3 Å². The summed E-state index contributed by atoms with van der Waals surface area (Å²) in [4.78, 5) is 48.2. The Labute approximate surface area is 150 Å². The highest BCUT2D eigenvalue weighted by Crippen LogP contribution is 2.21. The summed E-state index contributed by atoms with van der Waals surface area (Å²) in [5, 5.41) is 0.618. The minimum absolute atomic E-state index is 0.131. The molecule has 0 unspecified atom stereocenters. The van der Waals surface area contributed by atoms with E-state index < -0.39 is 17.8 Å². The van der Waals surface area contributed by atoms with Crippen molar-refractivity contribution in [3.8, 4) is 0 Å². The molecule has 0 aromatic carbocycles. The van der Waals surface area contributed by atoms with E-state index >= 15 is 0 Å². The Bertz CT molecular complexity index is 417. The van der Waals surface area contributed by atoms with E-state index in [1.165, 1.54) is 6.92 Å². The monoisotopic (exact) mass is 357 g/mol. The highest BCUT2D eigenvalue weighted by atomic mass is 16.7. The largest absolute Gasteiger partial charge is 0.381 e. The van der Waals surface area contributed by atoms with Gasteiger partial charge in [-0.1, -0.05) is 33.3 Å². The number of amides is 2. The number of hydroxylamine groups is 2. The zero-order chi connectivity index (χ0) is 19.8. The lowest BCUT2D eigenvalue weighted by molar-refractivity contribution is -0.201. The Morgan fingerprint density at radius 1 is 1.28 bits per heavy atom. The van der Waals surface area contributed by atoms with E-state index in [0.29, 0.717) is 18.1 Å². The number of rotatable bonds is 7. The van der Waals surface area contributed by atoms with Crippen molar-refractivity contribution in [2.45, 2.75) is 53.4 Å². The van der Waals surface area contributed by atoms with Crippen molar-refractivity contribution in [3.63, 3.8) is 0 Å². The second-order valence-corrected chi connectivity index (χ2v) is 5.61. The number of carbonyl (C=O) groups excluding carboxylic acids is 4. The molecule has 0 spiro atoms. The van der Waals surface area contributed by atoms with Gasteiger partial charge in [0.25, 0.3) is 11.8 Å².